The van der Waals surface area contributed by atoms with Crippen molar-refractivity contribution in [3.8, 4) is 0 Å². The summed E-state index contributed by atoms with van der Waals surface area (Å²) in [4.78, 5) is 0. The second-order valence-electron chi connectivity index (χ2n) is 6.67. The van der Waals surface area contributed by atoms with Crippen LogP contribution in [0.4, 0.5) is 0 Å². The number of rotatable bonds is 1. The van der Waals surface area contributed by atoms with Gasteiger partial charge in [0.2, 0.25) is 0 Å². The smallest absolute Gasteiger partial charge is 0.0320 e. The van der Waals surface area contributed by atoms with Crippen molar-refractivity contribution >= 4 is 0 Å². The minimum absolute atomic E-state index is 0.573. The van der Waals surface area contributed by atoms with E-state index in [4.69, 9.17) is 0 Å². The van der Waals surface area contributed by atoms with Crippen LogP contribution in [0.15, 0.2) is 0 Å². The molecule has 0 aliphatic heterocycles. The Morgan fingerprint density at radius 2 is 1.67 bits per heavy atom. The molecule has 0 heterocycles. The van der Waals surface area contributed by atoms with Gasteiger partial charge in [-0.2, -0.15) is 0 Å². The normalized spacial score (nSPS) is 44.2. The van der Waals surface area contributed by atoms with Crippen molar-refractivity contribution in [1.82, 2.24) is 0 Å². The number of hydrogen-bond acceptors (Lipinski definition) is 0. The molecule has 2 rings (SSSR count). The van der Waals surface area contributed by atoms with Gasteiger partial charge in [-0.1, -0.05) is 34.6 Å². The Balaban J connectivity index is 1.90. The molecule has 0 radical (unpaired) electrons. The molecule has 0 nitrogen and oxygen atoms in total. The van der Waals surface area contributed by atoms with Gasteiger partial charge in [-0.3, -0.25) is 0 Å². The summed E-state index contributed by atoms with van der Waals surface area (Å²) in [5.74, 6) is 3.19. The second kappa shape index (κ2) is 2.08. The fourth-order valence-electron chi connectivity index (χ4n) is 2.89. The Kier molecular flexibility index (Phi) is 1.49. The third kappa shape index (κ3) is 1.30. The van der Waals surface area contributed by atoms with E-state index < -0.39 is 0 Å². The van der Waals surface area contributed by atoms with E-state index in [0.29, 0.717) is 10.8 Å². The molecule has 0 amide bonds. The highest BCUT2D eigenvalue weighted by Gasteiger charge is 2.60. The lowest BCUT2D eigenvalue weighted by Gasteiger charge is -2.18. The van der Waals surface area contributed by atoms with Crippen molar-refractivity contribution in [2.75, 3.05) is 0 Å². The van der Waals surface area contributed by atoms with Crippen LogP contribution < -0.4 is 0 Å². The average molecular weight is 166 g/mol. The largest absolute Gasteiger partial charge is 0.0599 e. The van der Waals surface area contributed by atoms with Crippen molar-refractivity contribution in [1.29, 1.82) is 0 Å². The first kappa shape index (κ1) is 8.59. The zero-order chi connectivity index (χ0) is 9.15. The van der Waals surface area contributed by atoms with E-state index in [2.05, 4.69) is 34.6 Å². The van der Waals surface area contributed by atoms with Gasteiger partial charge in [-0.25, -0.2) is 0 Å². The van der Waals surface area contributed by atoms with E-state index in [1.165, 1.54) is 12.8 Å². The SMILES string of the molecule is CC(C)(C)C1CC1C1CC1(C)C. The molecule has 0 heteroatoms. The van der Waals surface area contributed by atoms with E-state index in [0.717, 1.165) is 17.8 Å². The van der Waals surface area contributed by atoms with Crippen LogP contribution in [0.3, 0.4) is 0 Å². The van der Waals surface area contributed by atoms with E-state index in [-0.39, 0.29) is 0 Å². The van der Waals surface area contributed by atoms with Crippen LogP contribution in [0.5, 0.6) is 0 Å². The van der Waals surface area contributed by atoms with Crippen molar-refractivity contribution < 1.29 is 0 Å². The lowest BCUT2D eigenvalue weighted by molar-refractivity contribution is 0.313. The summed E-state index contributed by atoms with van der Waals surface area (Å²) < 4.78 is 0. The van der Waals surface area contributed by atoms with Crippen molar-refractivity contribution in [3.05, 3.63) is 0 Å². The first-order chi connectivity index (χ1) is 5.32. The average Bonchev–Trinajstić information content (AvgIpc) is 2.61. The molecule has 0 saturated heterocycles. The standard InChI is InChI=1S/C12H22/c1-11(2,3)9-6-8(9)10-7-12(10,4)5/h8-10H,6-7H2,1-5H3. The molecule has 0 spiro atoms. The predicted octanol–water partition coefficient (Wildman–Crippen LogP) is 3.71. The van der Waals surface area contributed by atoms with Gasteiger partial charge < -0.3 is 0 Å². The van der Waals surface area contributed by atoms with Gasteiger partial charge in [0.15, 0.2) is 0 Å². The van der Waals surface area contributed by atoms with Gasteiger partial charge in [0.25, 0.3) is 0 Å². The number of hydrogen-bond donors (Lipinski definition) is 0. The zero-order valence-corrected chi connectivity index (χ0v) is 9.15. The second-order valence-corrected chi connectivity index (χ2v) is 6.67. The van der Waals surface area contributed by atoms with Gasteiger partial charge in [0.1, 0.15) is 0 Å². The molecule has 0 N–H and O–H groups in total. The molecule has 0 aromatic carbocycles. The van der Waals surface area contributed by atoms with E-state index >= 15 is 0 Å². The molecule has 2 fully saturated rings. The zero-order valence-electron chi connectivity index (χ0n) is 9.15. The highest BCUT2D eigenvalue weighted by molar-refractivity contribution is 5.09. The van der Waals surface area contributed by atoms with Gasteiger partial charge in [0, 0.05) is 0 Å². The lowest BCUT2D eigenvalue weighted by atomic mass is 9.87. The van der Waals surface area contributed by atoms with Crippen LogP contribution in [0, 0.1) is 28.6 Å². The maximum atomic E-state index is 2.43. The van der Waals surface area contributed by atoms with Gasteiger partial charge in [-0.15, -0.1) is 0 Å². The fourth-order valence-corrected chi connectivity index (χ4v) is 2.89. The van der Waals surface area contributed by atoms with Crippen LogP contribution in [0.2, 0.25) is 0 Å². The minimum Gasteiger partial charge on any atom is -0.0599 e. The summed E-state index contributed by atoms with van der Waals surface area (Å²) in [5.41, 5.74) is 1.27. The Bertz CT molecular complexity index is 195. The fraction of sp³-hybridized carbons (Fsp3) is 1.00. The topological polar surface area (TPSA) is 0 Å². The highest BCUT2D eigenvalue weighted by Crippen LogP contribution is 2.67. The molecule has 3 atom stereocenters. The van der Waals surface area contributed by atoms with Gasteiger partial charge in [-0.05, 0) is 41.4 Å². The predicted molar refractivity (Wildman–Crippen MR) is 52.9 cm³/mol. The summed E-state index contributed by atoms with van der Waals surface area (Å²) in [7, 11) is 0. The Morgan fingerprint density at radius 3 is 1.92 bits per heavy atom. The Labute approximate surface area is 76.7 Å². The minimum atomic E-state index is 0.573. The lowest BCUT2D eigenvalue weighted by Crippen LogP contribution is -2.10. The maximum Gasteiger partial charge on any atom is -0.0320 e. The molecule has 0 bridgehead atoms. The Morgan fingerprint density at radius 1 is 1.17 bits per heavy atom. The summed E-state index contributed by atoms with van der Waals surface area (Å²) >= 11 is 0. The van der Waals surface area contributed by atoms with Crippen LogP contribution in [0.1, 0.15) is 47.5 Å². The molecule has 3 unspecified atom stereocenters. The summed E-state index contributed by atoms with van der Waals surface area (Å²) in [6.45, 7) is 12.0. The highest BCUT2D eigenvalue weighted by atomic mass is 14.6. The van der Waals surface area contributed by atoms with Crippen LogP contribution in [-0.2, 0) is 0 Å². The molecule has 0 aromatic heterocycles. The third-order valence-corrected chi connectivity index (χ3v) is 4.06. The summed E-state index contributed by atoms with van der Waals surface area (Å²) in [6.07, 6.45) is 3.00. The summed E-state index contributed by atoms with van der Waals surface area (Å²) in [6, 6.07) is 0. The molecule has 12 heavy (non-hydrogen) atoms. The molecular weight excluding hydrogens is 144 g/mol. The first-order valence-electron chi connectivity index (χ1n) is 5.32. The molecule has 70 valence electrons. The maximum absolute atomic E-state index is 2.43. The first-order valence-corrected chi connectivity index (χ1v) is 5.32. The third-order valence-electron chi connectivity index (χ3n) is 4.06. The van der Waals surface area contributed by atoms with E-state index in [9.17, 15) is 0 Å². The monoisotopic (exact) mass is 166 g/mol. The molecule has 2 saturated carbocycles. The van der Waals surface area contributed by atoms with Crippen LogP contribution in [0.25, 0.3) is 0 Å². The molecule has 0 aromatic rings. The molecule has 2 aliphatic rings. The Hall–Kier alpha value is 0. The van der Waals surface area contributed by atoms with Crippen molar-refractivity contribution in [3.63, 3.8) is 0 Å². The molecular formula is C12H22. The summed E-state index contributed by atoms with van der Waals surface area (Å²) in [5, 5.41) is 0. The van der Waals surface area contributed by atoms with Gasteiger partial charge >= 0.3 is 0 Å². The van der Waals surface area contributed by atoms with Crippen LogP contribution >= 0.6 is 0 Å². The van der Waals surface area contributed by atoms with E-state index in [1.807, 2.05) is 0 Å². The van der Waals surface area contributed by atoms with Gasteiger partial charge in [0.05, 0.1) is 0 Å². The quantitative estimate of drug-likeness (QED) is 0.557. The van der Waals surface area contributed by atoms with E-state index in [1.54, 1.807) is 0 Å². The van der Waals surface area contributed by atoms with Crippen molar-refractivity contribution in [2.45, 2.75) is 47.5 Å². The van der Waals surface area contributed by atoms with Crippen molar-refractivity contribution in [2.24, 2.45) is 28.6 Å². The molecule has 2 aliphatic carbocycles. The van der Waals surface area contributed by atoms with Crippen LogP contribution in [-0.4, -0.2) is 0 Å².